The molecule has 2 heteroatoms. The molecule has 3 unspecified atom stereocenters. The van der Waals surface area contributed by atoms with Crippen LogP contribution >= 0.6 is 0 Å². The Morgan fingerprint density at radius 1 is 1.54 bits per heavy atom. The highest BCUT2D eigenvalue weighted by molar-refractivity contribution is 5.81. The van der Waals surface area contributed by atoms with Crippen LogP contribution in [-0.4, -0.2) is 12.6 Å². The van der Waals surface area contributed by atoms with Crippen LogP contribution in [0.25, 0.3) is 0 Å². The zero-order valence-corrected chi connectivity index (χ0v) is 8.45. The van der Waals surface area contributed by atoms with Crippen LogP contribution in [0.5, 0.6) is 0 Å². The van der Waals surface area contributed by atoms with Gasteiger partial charge < -0.3 is 4.74 Å². The van der Waals surface area contributed by atoms with E-state index in [9.17, 15) is 4.79 Å². The maximum Gasteiger partial charge on any atom is 0.330 e. The van der Waals surface area contributed by atoms with Crippen molar-refractivity contribution in [3.63, 3.8) is 0 Å². The molecule has 0 spiro atoms. The van der Waals surface area contributed by atoms with Crippen LogP contribution in [0.3, 0.4) is 0 Å². The van der Waals surface area contributed by atoms with E-state index in [0.29, 0.717) is 18.4 Å². The monoisotopic (exact) mass is 182 g/mol. The molecule has 0 amide bonds. The molecule has 0 N–H and O–H groups in total. The lowest BCUT2D eigenvalue weighted by atomic mass is 9.93. The fraction of sp³-hybridized carbons (Fsp3) is 0.727. The average Bonchev–Trinajstić information content (AvgIpc) is 2.44. The van der Waals surface area contributed by atoms with E-state index in [4.69, 9.17) is 4.74 Å². The molecule has 0 aliphatic heterocycles. The molecule has 1 aliphatic carbocycles. The zero-order valence-electron chi connectivity index (χ0n) is 8.45. The molecule has 0 aromatic carbocycles. The number of hydrogen-bond donors (Lipinski definition) is 0. The van der Waals surface area contributed by atoms with E-state index in [-0.39, 0.29) is 5.97 Å². The molecule has 3 atom stereocenters. The molecule has 0 aromatic heterocycles. The first-order valence-corrected chi connectivity index (χ1v) is 4.94. The Balaban J connectivity index is 2.30. The highest BCUT2D eigenvalue weighted by Crippen LogP contribution is 2.36. The molecular weight excluding hydrogens is 164 g/mol. The van der Waals surface area contributed by atoms with Gasteiger partial charge in [0.2, 0.25) is 0 Å². The van der Waals surface area contributed by atoms with Crippen molar-refractivity contribution in [3.8, 4) is 0 Å². The van der Waals surface area contributed by atoms with Crippen molar-refractivity contribution in [3.05, 3.63) is 12.7 Å². The van der Waals surface area contributed by atoms with E-state index in [1.54, 1.807) is 0 Å². The van der Waals surface area contributed by atoms with Gasteiger partial charge in [0.25, 0.3) is 0 Å². The van der Waals surface area contributed by atoms with Crippen LogP contribution in [0.2, 0.25) is 0 Å². The number of carbonyl (C=O) groups excluding carboxylic acids is 1. The van der Waals surface area contributed by atoms with E-state index in [1.165, 1.54) is 18.9 Å². The first-order valence-electron chi connectivity index (χ1n) is 4.94. The summed E-state index contributed by atoms with van der Waals surface area (Å²) in [7, 11) is 0. The molecule has 0 saturated heterocycles. The topological polar surface area (TPSA) is 26.3 Å². The second-order valence-corrected chi connectivity index (χ2v) is 4.01. The Kier molecular flexibility index (Phi) is 3.52. The number of esters is 1. The Labute approximate surface area is 80.0 Å². The Morgan fingerprint density at radius 3 is 2.69 bits per heavy atom. The first kappa shape index (κ1) is 10.3. The molecule has 13 heavy (non-hydrogen) atoms. The van der Waals surface area contributed by atoms with Crippen molar-refractivity contribution in [2.24, 2.45) is 17.8 Å². The van der Waals surface area contributed by atoms with Gasteiger partial charge in [0.15, 0.2) is 0 Å². The molecule has 1 fully saturated rings. The van der Waals surface area contributed by atoms with Crippen LogP contribution in [0.1, 0.15) is 26.7 Å². The van der Waals surface area contributed by atoms with Gasteiger partial charge in [-0.1, -0.05) is 26.8 Å². The Morgan fingerprint density at radius 2 is 2.23 bits per heavy atom. The van der Waals surface area contributed by atoms with Crippen LogP contribution in [0.15, 0.2) is 12.7 Å². The lowest BCUT2D eigenvalue weighted by Gasteiger charge is -2.17. The van der Waals surface area contributed by atoms with Crippen LogP contribution in [-0.2, 0) is 9.53 Å². The minimum atomic E-state index is -0.299. The number of hydrogen-bond acceptors (Lipinski definition) is 2. The molecule has 1 aliphatic rings. The van der Waals surface area contributed by atoms with Crippen molar-refractivity contribution >= 4 is 5.97 Å². The summed E-state index contributed by atoms with van der Waals surface area (Å²) in [5.41, 5.74) is 0. The lowest BCUT2D eigenvalue weighted by Crippen LogP contribution is -2.17. The van der Waals surface area contributed by atoms with Gasteiger partial charge in [-0.15, -0.1) is 0 Å². The second kappa shape index (κ2) is 4.45. The average molecular weight is 182 g/mol. The van der Waals surface area contributed by atoms with Crippen molar-refractivity contribution in [1.29, 1.82) is 0 Å². The minimum absolute atomic E-state index is 0.299. The number of carbonyl (C=O) groups is 1. The minimum Gasteiger partial charge on any atom is -0.462 e. The highest BCUT2D eigenvalue weighted by Gasteiger charge is 2.30. The van der Waals surface area contributed by atoms with Gasteiger partial charge in [-0.3, -0.25) is 0 Å². The Hall–Kier alpha value is -0.790. The molecule has 74 valence electrons. The summed E-state index contributed by atoms with van der Waals surface area (Å²) < 4.78 is 5.04. The summed E-state index contributed by atoms with van der Waals surface area (Å²) >= 11 is 0. The van der Waals surface area contributed by atoms with Gasteiger partial charge in [-0.25, -0.2) is 4.79 Å². The van der Waals surface area contributed by atoms with Gasteiger partial charge in [0.1, 0.15) is 0 Å². The van der Waals surface area contributed by atoms with Gasteiger partial charge in [0.05, 0.1) is 6.61 Å². The van der Waals surface area contributed by atoms with E-state index in [1.807, 2.05) is 0 Å². The maximum absolute atomic E-state index is 10.8. The first-order chi connectivity index (χ1) is 6.15. The fourth-order valence-electron chi connectivity index (χ4n) is 1.95. The summed E-state index contributed by atoms with van der Waals surface area (Å²) in [4.78, 5) is 10.8. The third-order valence-electron chi connectivity index (χ3n) is 3.24. The number of rotatable bonds is 3. The predicted octanol–water partition coefficient (Wildman–Crippen LogP) is 2.40. The zero-order chi connectivity index (χ0) is 9.84. The van der Waals surface area contributed by atoms with Crippen LogP contribution in [0, 0.1) is 17.8 Å². The van der Waals surface area contributed by atoms with Gasteiger partial charge in [-0.2, -0.15) is 0 Å². The summed E-state index contributed by atoms with van der Waals surface area (Å²) in [5, 5.41) is 0. The van der Waals surface area contributed by atoms with Gasteiger partial charge >= 0.3 is 5.97 Å². The predicted molar refractivity (Wildman–Crippen MR) is 52.2 cm³/mol. The molecule has 0 radical (unpaired) electrons. The highest BCUT2D eigenvalue weighted by atomic mass is 16.5. The molecular formula is C11H18O2. The largest absolute Gasteiger partial charge is 0.462 e. The molecule has 0 bridgehead atoms. The fourth-order valence-corrected chi connectivity index (χ4v) is 1.95. The van der Waals surface area contributed by atoms with E-state index >= 15 is 0 Å². The SMILES string of the molecule is C=CC(=O)OCC1CCC(C)C1C. The third-order valence-corrected chi connectivity index (χ3v) is 3.24. The summed E-state index contributed by atoms with van der Waals surface area (Å²) in [6, 6.07) is 0. The third kappa shape index (κ3) is 2.58. The van der Waals surface area contributed by atoms with Gasteiger partial charge in [-0.05, 0) is 24.2 Å². The molecule has 2 nitrogen and oxygen atoms in total. The lowest BCUT2D eigenvalue weighted by molar-refractivity contribution is -0.139. The molecule has 1 saturated carbocycles. The molecule has 1 rings (SSSR count). The van der Waals surface area contributed by atoms with E-state index in [2.05, 4.69) is 20.4 Å². The van der Waals surface area contributed by atoms with E-state index in [0.717, 1.165) is 5.92 Å². The molecule has 0 heterocycles. The van der Waals surface area contributed by atoms with E-state index < -0.39 is 0 Å². The second-order valence-electron chi connectivity index (χ2n) is 4.01. The number of ether oxygens (including phenoxy) is 1. The van der Waals surface area contributed by atoms with Gasteiger partial charge in [0, 0.05) is 6.08 Å². The smallest absolute Gasteiger partial charge is 0.330 e. The van der Waals surface area contributed by atoms with Crippen molar-refractivity contribution in [2.75, 3.05) is 6.61 Å². The van der Waals surface area contributed by atoms with Crippen LogP contribution in [0.4, 0.5) is 0 Å². The summed E-state index contributed by atoms with van der Waals surface area (Å²) in [5.74, 6) is 1.70. The standard InChI is InChI=1S/C11H18O2/c1-4-11(12)13-7-10-6-5-8(2)9(10)3/h4,8-10H,1,5-7H2,2-3H3. The van der Waals surface area contributed by atoms with Crippen LogP contribution < -0.4 is 0 Å². The normalized spacial score (nSPS) is 32.9. The maximum atomic E-state index is 10.8. The Bertz CT molecular complexity index is 198. The van der Waals surface area contributed by atoms with Crippen molar-refractivity contribution < 1.29 is 9.53 Å². The van der Waals surface area contributed by atoms with Crippen molar-refractivity contribution in [1.82, 2.24) is 0 Å². The van der Waals surface area contributed by atoms with Crippen molar-refractivity contribution in [2.45, 2.75) is 26.7 Å². The quantitative estimate of drug-likeness (QED) is 0.495. The summed E-state index contributed by atoms with van der Waals surface area (Å²) in [6.07, 6.45) is 3.67. The summed E-state index contributed by atoms with van der Waals surface area (Å²) in [6.45, 7) is 8.44. The molecule has 0 aromatic rings.